The molecule has 5 rings (SSSR count). The summed E-state index contributed by atoms with van der Waals surface area (Å²) in [4.78, 5) is 39.6. The van der Waals surface area contributed by atoms with E-state index in [0.717, 1.165) is 4.90 Å². The van der Waals surface area contributed by atoms with Gasteiger partial charge in [-0.05, 0) is 61.0 Å². The highest BCUT2D eigenvalue weighted by molar-refractivity contribution is 7.86. The highest BCUT2D eigenvalue weighted by atomic mass is 35.5. The van der Waals surface area contributed by atoms with Crippen molar-refractivity contribution in [2.45, 2.75) is 11.8 Å². The zero-order valence-corrected chi connectivity index (χ0v) is 22.9. The van der Waals surface area contributed by atoms with Gasteiger partial charge < -0.3 is 15.2 Å². The number of imide groups is 1. The zero-order valence-electron chi connectivity index (χ0n) is 20.6. The second-order valence-corrected chi connectivity index (χ2v) is 11.0. The molecule has 0 bridgehead atoms. The number of hydrogen-bond donors (Lipinski definition) is 2. The number of carbonyl (C=O) groups is 3. The van der Waals surface area contributed by atoms with Gasteiger partial charge in [0, 0.05) is 32.7 Å². The van der Waals surface area contributed by atoms with Crippen LogP contribution in [0.4, 0.5) is 17.1 Å². The fourth-order valence-corrected chi connectivity index (χ4v) is 5.30. The fourth-order valence-electron chi connectivity index (χ4n) is 4.27. The van der Waals surface area contributed by atoms with Gasteiger partial charge in [-0.15, -0.1) is 0 Å². The first kappa shape index (κ1) is 27.4. The van der Waals surface area contributed by atoms with E-state index in [1.54, 1.807) is 43.3 Å². The predicted octanol–water partition coefficient (Wildman–Crippen LogP) is 5.39. The molecule has 0 saturated carbocycles. The van der Waals surface area contributed by atoms with Crippen LogP contribution in [0.5, 0.6) is 0 Å². The van der Waals surface area contributed by atoms with E-state index in [9.17, 15) is 27.4 Å². The molecule has 9 nitrogen and oxygen atoms in total. The summed E-state index contributed by atoms with van der Waals surface area (Å²) >= 11 is 12.2. The van der Waals surface area contributed by atoms with Gasteiger partial charge in [-0.2, -0.15) is 0 Å². The molecule has 2 N–H and O–H groups in total. The monoisotopic (exact) mass is 594 g/mol. The lowest BCUT2D eigenvalue weighted by Crippen LogP contribution is -2.32. The molecule has 0 radical (unpaired) electrons. The van der Waals surface area contributed by atoms with Crippen LogP contribution < -0.4 is 15.5 Å². The van der Waals surface area contributed by atoms with Crippen LogP contribution in [-0.4, -0.2) is 30.7 Å². The number of amides is 3. The Morgan fingerprint density at radius 3 is 2.23 bits per heavy atom. The standard InChI is InChI=1S/C28H19Cl2N3O6S/c1-15-8-9-16(26(34)32-21-6-2-5-20-19(21)4-3-7-23(20)40(37,38)39)14-22(15)31-25-24(30)27(35)33(28(25)36)18-12-10-17(29)11-13-18/h2-14,31H,1H3,(H,32,34)(H,37,38,39)/p-1. The van der Waals surface area contributed by atoms with Crippen LogP contribution in [-0.2, 0) is 19.7 Å². The van der Waals surface area contributed by atoms with Crippen LogP contribution in [0.25, 0.3) is 10.8 Å². The molecule has 4 aromatic rings. The van der Waals surface area contributed by atoms with Gasteiger partial charge in [-0.1, -0.05) is 53.5 Å². The summed E-state index contributed by atoms with van der Waals surface area (Å²) in [6.07, 6.45) is 0. The summed E-state index contributed by atoms with van der Waals surface area (Å²) in [5.74, 6) is -1.92. The van der Waals surface area contributed by atoms with Crippen molar-refractivity contribution in [1.82, 2.24) is 0 Å². The van der Waals surface area contributed by atoms with Crippen LogP contribution in [0.1, 0.15) is 15.9 Å². The number of hydrogen-bond acceptors (Lipinski definition) is 7. The number of rotatable bonds is 6. The molecular weight excluding hydrogens is 577 g/mol. The van der Waals surface area contributed by atoms with Gasteiger partial charge in [0.1, 0.15) is 20.8 Å². The number of benzene rings is 4. The Kier molecular flexibility index (Phi) is 7.11. The Hall–Kier alpha value is -4.22. The van der Waals surface area contributed by atoms with Crippen molar-refractivity contribution in [3.63, 3.8) is 0 Å². The van der Waals surface area contributed by atoms with E-state index in [1.807, 2.05) is 0 Å². The third kappa shape index (κ3) is 5.05. The second kappa shape index (κ2) is 10.4. The highest BCUT2D eigenvalue weighted by Crippen LogP contribution is 2.32. The number of nitrogens with zero attached hydrogens (tertiary/aromatic N) is 1. The van der Waals surface area contributed by atoms with Crippen molar-refractivity contribution in [2.24, 2.45) is 0 Å². The van der Waals surface area contributed by atoms with E-state index in [1.165, 1.54) is 42.5 Å². The molecule has 40 heavy (non-hydrogen) atoms. The van der Waals surface area contributed by atoms with Crippen molar-refractivity contribution >= 4 is 78.9 Å². The maximum Gasteiger partial charge on any atom is 0.283 e. The van der Waals surface area contributed by atoms with E-state index in [0.29, 0.717) is 33.0 Å². The number of carbonyl (C=O) groups excluding carboxylic acids is 3. The molecule has 0 aromatic heterocycles. The van der Waals surface area contributed by atoms with E-state index >= 15 is 0 Å². The van der Waals surface area contributed by atoms with E-state index < -0.39 is 32.7 Å². The molecule has 0 fully saturated rings. The number of nitrogens with one attached hydrogen (secondary N) is 2. The summed E-state index contributed by atoms with van der Waals surface area (Å²) < 4.78 is 35.0. The first-order valence-electron chi connectivity index (χ1n) is 11.7. The summed E-state index contributed by atoms with van der Waals surface area (Å²) in [6.45, 7) is 1.74. The first-order valence-corrected chi connectivity index (χ1v) is 13.8. The Labute approximate surface area is 238 Å². The van der Waals surface area contributed by atoms with Crippen molar-refractivity contribution in [2.75, 3.05) is 15.5 Å². The Bertz CT molecular complexity index is 1870. The van der Waals surface area contributed by atoms with Crippen molar-refractivity contribution in [3.8, 4) is 0 Å². The summed E-state index contributed by atoms with van der Waals surface area (Å²) in [5, 5.41) is 6.30. The van der Waals surface area contributed by atoms with Crippen molar-refractivity contribution in [1.29, 1.82) is 0 Å². The lowest BCUT2D eigenvalue weighted by atomic mass is 10.1. The van der Waals surface area contributed by atoms with Crippen LogP contribution in [0, 0.1) is 6.92 Å². The van der Waals surface area contributed by atoms with E-state index in [4.69, 9.17) is 23.2 Å². The average Bonchev–Trinajstić information content (AvgIpc) is 3.12. The molecule has 1 aliphatic rings. The third-order valence-corrected chi connectivity index (χ3v) is 7.77. The van der Waals surface area contributed by atoms with Gasteiger partial charge in [0.2, 0.25) is 0 Å². The molecule has 4 aromatic carbocycles. The van der Waals surface area contributed by atoms with Crippen LogP contribution >= 0.6 is 23.2 Å². The Morgan fingerprint density at radius 2 is 1.52 bits per heavy atom. The molecular formula is C28H18Cl2N3O6S-. The maximum atomic E-state index is 13.2. The van der Waals surface area contributed by atoms with Crippen molar-refractivity contribution in [3.05, 3.63) is 106 Å². The summed E-state index contributed by atoms with van der Waals surface area (Å²) in [5.41, 5.74) is 1.65. The lowest BCUT2D eigenvalue weighted by molar-refractivity contribution is -0.120. The van der Waals surface area contributed by atoms with Crippen LogP contribution in [0.3, 0.4) is 0 Å². The zero-order chi connectivity index (χ0) is 28.8. The van der Waals surface area contributed by atoms with E-state index in [2.05, 4.69) is 10.6 Å². The van der Waals surface area contributed by atoms with Gasteiger partial charge >= 0.3 is 0 Å². The number of fused-ring (bicyclic) bond motifs is 1. The molecule has 0 aliphatic carbocycles. The quantitative estimate of drug-likeness (QED) is 0.225. The molecule has 0 unspecified atom stereocenters. The summed E-state index contributed by atoms with van der Waals surface area (Å²) in [7, 11) is -4.73. The molecule has 3 amide bonds. The van der Waals surface area contributed by atoms with Crippen LogP contribution in [0.2, 0.25) is 5.02 Å². The Balaban J connectivity index is 1.42. The normalized spacial score (nSPS) is 13.8. The molecule has 0 spiro atoms. The minimum absolute atomic E-state index is 0.150. The Morgan fingerprint density at radius 1 is 0.850 bits per heavy atom. The number of aryl methyl sites for hydroxylation is 1. The third-order valence-electron chi connectivity index (χ3n) is 6.27. The maximum absolute atomic E-state index is 13.2. The lowest BCUT2D eigenvalue weighted by Gasteiger charge is -2.16. The topological polar surface area (TPSA) is 136 Å². The highest BCUT2D eigenvalue weighted by Gasteiger charge is 2.39. The minimum atomic E-state index is -4.73. The van der Waals surface area contributed by atoms with Gasteiger partial charge in [0.15, 0.2) is 0 Å². The second-order valence-electron chi connectivity index (χ2n) is 8.83. The first-order chi connectivity index (χ1) is 19.0. The fraction of sp³-hybridized carbons (Fsp3) is 0.0357. The van der Waals surface area contributed by atoms with Gasteiger partial charge in [0.25, 0.3) is 17.7 Å². The van der Waals surface area contributed by atoms with Crippen molar-refractivity contribution < 1.29 is 27.4 Å². The SMILES string of the molecule is Cc1ccc(C(=O)Nc2cccc3c(S(=O)(=O)[O-])cccc23)cc1NC1=C(Cl)C(=O)N(c2ccc(Cl)cc2)C1=O. The molecule has 12 heteroatoms. The predicted molar refractivity (Wildman–Crippen MR) is 151 cm³/mol. The van der Waals surface area contributed by atoms with E-state index in [-0.39, 0.29) is 21.7 Å². The molecule has 0 atom stereocenters. The average molecular weight is 595 g/mol. The van der Waals surface area contributed by atoms with Gasteiger partial charge in [-0.3, -0.25) is 14.4 Å². The smallest absolute Gasteiger partial charge is 0.283 e. The van der Waals surface area contributed by atoms with Gasteiger partial charge in [-0.25, -0.2) is 13.3 Å². The van der Waals surface area contributed by atoms with Crippen LogP contribution in [0.15, 0.2) is 94.5 Å². The minimum Gasteiger partial charge on any atom is -0.744 e. The molecule has 0 saturated heterocycles. The largest absolute Gasteiger partial charge is 0.744 e. The summed E-state index contributed by atoms with van der Waals surface area (Å²) in [6, 6.07) is 19.6. The molecule has 1 aliphatic heterocycles. The molecule has 202 valence electrons. The molecule has 1 heterocycles. The number of anilines is 3. The van der Waals surface area contributed by atoms with Gasteiger partial charge in [0.05, 0.1) is 10.6 Å². The number of halogens is 2.